The molecule has 0 fully saturated rings. The SMILES string of the molecule is O=C(NCc1ccc(Cl)c(Cl)c1)c1cc(-c2cccs2)nc2ccccc12. The van der Waals surface area contributed by atoms with Gasteiger partial charge in [-0.05, 0) is 41.3 Å². The van der Waals surface area contributed by atoms with E-state index in [9.17, 15) is 4.79 Å². The minimum absolute atomic E-state index is 0.155. The molecule has 0 atom stereocenters. The summed E-state index contributed by atoms with van der Waals surface area (Å²) >= 11 is 13.6. The number of carbonyl (C=O) groups is 1. The number of benzene rings is 2. The summed E-state index contributed by atoms with van der Waals surface area (Å²) in [5, 5.41) is 6.74. The fraction of sp³-hybridized carbons (Fsp3) is 0.0476. The maximum absolute atomic E-state index is 12.9. The van der Waals surface area contributed by atoms with Crippen molar-refractivity contribution in [2.75, 3.05) is 0 Å². The lowest BCUT2D eigenvalue weighted by atomic mass is 10.1. The first-order valence-electron chi connectivity index (χ1n) is 8.27. The van der Waals surface area contributed by atoms with Gasteiger partial charge in [-0.15, -0.1) is 11.3 Å². The number of nitrogens with zero attached hydrogens (tertiary/aromatic N) is 1. The van der Waals surface area contributed by atoms with Crippen LogP contribution < -0.4 is 5.32 Å². The zero-order chi connectivity index (χ0) is 18.8. The molecule has 2 heterocycles. The number of thiophene rings is 1. The van der Waals surface area contributed by atoms with Gasteiger partial charge in [0.25, 0.3) is 5.91 Å². The van der Waals surface area contributed by atoms with E-state index in [0.29, 0.717) is 22.2 Å². The Labute approximate surface area is 170 Å². The number of pyridine rings is 1. The highest BCUT2D eigenvalue weighted by atomic mass is 35.5. The van der Waals surface area contributed by atoms with Crippen LogP contribution in [0.3, 0.4) is 0 Å². The minimum Gasteiger partial charge on any atom is -0.348 e. The standard InChI is InChI=1S/C21H14Cl2N2OS/c22-16-8-7-13(10-17(16)23)12-24-21(26)15-11-19(20-6-3-9-27-20)25-18-5-2-1-4-14(15)18/h1-11H,12H2,(H,24,26). The van der Waals surface area contributed by atoms with Crippen LogP contribution in [0.15, 0.2) is 66.0 Å². The predicted molar refractivity (Wildman–Crippen MR) is 113 cm³/mol. The van der Waals surface area contributed by atoms with Gasteiger partial charge in [0.2, 0.25) is 0 Å². The number of hydrogen-bond donors (Lipinski definition) is 1. The molecule has 0 spiro atoms. The van der Waals surface area contributed by atoms with Crippen LogP contribution in [0.1, 0.15) is 15.9 Å². The number of para-hydroxylation sites is 1. The lowest BCUT2D eigenvalue weighted by Crippen LogP contribution is -2.23. The summed E-state index contributed by atoms with van der Waals surface area (Å²) in [5.74, 6) is -0.155. The molecular weight excluding hydrogens is 399 g/mol. The number of rotatable bonds is 4. The second kappa shape index (κ2) is 7.69. The Bertz CT molecular complexity index is 1130. The molecule has 4 aromatic rings. The van der Waals surface area contributed by atoms with Crippen LogP contribution in [-0.2, 0) is 6.54 Å². The average Bonchev–Trinajstić information content (AvgIpc) is 3.22. The molecule has 4 rings (SSSR count). The van der Waals surface area contributed by atoms with Crippen molar-refractivity contribution in [3.63, 3.8) is 0 Å². The monoisotopic (exact) mass is 412 g/mol. The molecule has 1 N–H and O–H groups in total. The van der Waals surface area contributed by atoms with E-state index >= 15 is 0 Å². The zero-order valence-electron chi connectivity index (χ0n) is 14.1. The third-order valence-electron chi connectivity index (χ3n) is 4.17. The summed E-state index contributed by atoms with van der Waals surface area (Å²) in [5.41, 5.74) is 3.07. The van der Waals surface area contributed by atoms with Gasteiger partial charge in [0.1, 0.15) is 0 Å². The highest BCUT2D eigenvalue weighted by Crippen LogP contribution is 2.28. The van der Waals surface area contributed by atoms with Crippen molar-refractivity contribution in [3.8, 4) is 10.6 Å². The quantitative estimate of drug-likeness (QED) is 0.433. The fourth-order valence-corrected chi connectivity index (χ4v) is 3.85. The van der Waals surface area contributed by atoms with Gasteiger partial charge in [-0.2, -0.15) is 0 Å². The summed E-state index contributed by atoms with van der Waals surface area (Å²) in [6.07, 6.45) is 0. The second-order valence-corrected chi connectivity index (χ2v) is 7.74. The molecule has 0 bridgehead atoms. The maximum Gasteiger partial charge on any atom is 0.252 e. The maximum atomic E-state index is 12.9. The number of halogens is 2. The van der Waals surface area contributed by atoms with Crippen LogP contribution in [0.25, 0.3) is 21.5 Å². The Balaban J connectivity index is 1.67. The van der Waals surface area contributed by atoms with Crippen molar-refractivity contribution >= 4 is 51.3 Å². The van der Waals surface area contributed by atoms with E-state index in [-0.39, 0.29) is 5.91 Å². The molecule has 6 heteroatoms. The molecule has 0 aliphatic carbocycles. The largest absolute Gasteiger partial charge is 0.348 e. The number of amides is 1. The van der Waals surface area contributed by atoms with E-state index in [0.717, 1.165) is 27.0 Å². The summed E-state index contributed by atoms with van der Waals surface area (Å²) in [6, 6.07) is 18.8. The third-order valence-corrected chi connectivity index (χ3v) is 5.80. The Morgan fingerprint density at radius 1 is 1.00 bits per heavy atom. The third kappa shape index (κ3) is 3.83. The molecule has 2 aromatic carbocycles. The predicted octanol–water partition coefficient (Wildman–Crippen LogP) is 6.20. The number of fused-ring (bicyclic) bond motifs is 1. The highest BCUT2D eigenvalue weighted by Gasteiger charge is 2.14. The molecule has 1 amide bonds. The van der Waals surface area contributed by atoms with Gasteiger partial charge in [0.15, 0.2) is 0 Å². The number of hydrogen-bond acceptors (Lipinski definition) is 3. The van der Waals surface area contributed by atoms with Gasteiger partial charge < -0.3 is 5.32 Å². The van der Waals surface area contributed by atoms with Gasteiger partial charge >= 0.3 is 0 Å². The molecule has 3 nitrogen and oxygen atoms in total. The summed E-state index contributed by atoms with van der Waals surface area (Å²) in [6.45, 7) is 0.362. The lowest BCUT2D eigenvalue weighted by Gasteiger charge is -2.10. The van der Waals surface area contributed by atoms with E-state index in [1.807, 2.05) is 53.9 Å². The first kappa shape index (κ1) is 18.0. The lowest BCUT2D eigenvalue weighted by molar-refractivity contribution is 0.0952. The van der Waals surface area contributed by atoms with Crippen molar-refractivity contribution in [1.82, 2.24) is 10.3 Å². The molecule has 0 radical (unpaired) electrons. The highest BCUT2D eigenvalue weighted by molar-refractivity contribution is 7.13. The van der Waals surface area contributed by atoms with Crippen molar-refractivity contribution in [3.05, 3.63) is 87.2 Å². The smallest absolute Gasteiger partial charge is 0.252 e. The van der Waals surface area contributed by atoms with Crippen molar-refractivity contribution in [2.24, 2.45) is 0 Å². The van der Waals surface area contributed by atoms with Gasteiger partial charge in [-0.1, -0.05) is 53.5 Å². The van der Waals surface area contributed by atoms with Crippen molar-refractivity contribution in [2.45, 2.75) is 6.54 Å². The summed E-state index contributed by atoms with van der Waals surface area (Å²) < 4.78 is 0. The topological polar surface area (TPSA) is 42.0 Å². The molecule has 0 unspecified atom stereocenters. The molecule has 2 aromatic heterocycles. The minimum atomic E-state index is -0.155. The fourth-order valence-electron chi connectivity index (χ4n) is 2.84. The van der Waals surface area contributed by atoms with E-state index in [1.54, 1.807) is 23.5 Å². The van der Waals surface area contributed by atoms with E-state index < -0.39 is 0 Å². The van der Waals surface area contributed by atoms with Crippen LogP contribution in [0.5, 0.6) is 0 Å². The normalized spacial score (nSPS) is 10.9. The van der Waals surface area contributed by atoms with Crippen molar-refractivity contribution < 1.29 is 4.79 Å². The first-order valence-corrected chi connectivity index (χ1v) is 9.91. The molecule has 0 aliphatic rings. The Kier molecular flexibility index (Phi) is 5.12. The molecular formula is C21H14Cl2N2OS. The van der Waals surface area contributed by atoms with Crippen LogP contribution in [0, 0.1) is 0 Å². The van der Waals surface area contributed by atoms with Crippen LogP contribution in [0.4, 0.5) is 0 Å². The van der Waals surface area contributed by atoms with Crippen molar-refractivity contribution in [1.29, 1.82) is 0 Å². The second-order valence-electron chi connectivity index (χ2n) is 5.98. The molecule has 0 saturated heterocycles. The van der Waals surface area contributed by atoms with Gasteiger partial charge in [-0.25, -0.2) is 4.98 Å². The van der Waals surface area contributed by atoms with Gasteiger partial charge in [0.05, 0.1) is 31.7 Å². The zero-order valence-corrected chi connectivity index (χ0v) is 16.4. The number of aromatic nitrogens is 1. The molecule has 0 aliphatic heterocycles. The van der Waals surface area contributed by atoms with E-state index in [4.69, 9.17) is 28.2 Å². The van der Waals surface area contributed by atoms with Crippen LogP contribution in [-0.4, -0.2) is 10.9 Å². The van der Waals surface area contributed by atoms with Gasteiger partial charge in [-0.3, -0.25) is 4.79 Å². The Morgan fingerprint density at radius 3 is 2.63 bits per heavy atom. The first-order chi connectivity index (χ1) is 13.1. The van der Waals surface area contributed by atoms with Gasteiger partial charge in [0, 0.05) is 11.9 Å². The Hall–Kier alpha value is -2.40. The Morgan fingerprint density at radius 2 is 1.85 bits per heavy atom. The van der Waals surface area contributed by atoms with E-state index in [1.165, 1.54) is 0 Å². The molecule has 0 saturated carbocycles. The molecule has 134 valence electrons. The number of carbonyl (C=O) groups excluding carboxylic acids is 1. The summed E-state index contributed by atoms with van der Waals surface area (Å²) in [7, 11) is 0. The van der Waals surface area contributed by atoms with Crippen LogP contribution >= 0.6 is 34.5 Å². The molecule has 27 heavy (non-hydrogen) atoms. The average molecular weight is 413 g/mol. The summed E-state index contributed by atoms with van der Waals surface area (Å²) in [4.78, 5) is 18.6. The van der Waals surface area contributed by atoms with E-state index in [2.05, 4.69) is 5.32 Å². The van der Waals surface area contributed by atoms with Crippen LogP contribution in [0.2, 0.25) is 10.0 Å². The number of nitrogens with one attached hydrogen (secondary N) is 1.